The van der Waals surface area contributed by atoms with Gasteiger partial charge in [0.2, 0.25) is 0 Å². The molecule has 0 spiro atoms. The highest BCUT2D eigenvalue weighted by Crippen LogP contribution is 2.74. The normalized spacial score (nSPS) is 46.0. The van der Waals surface area contributed by atoms with Gasteiger partial charge in [0.1, 0.15) is 30.0 Å². The third kappa shape index (κ3) is 4.04. The second-order valence-electron chi connectivity index (χ2n) is 13.8. The molecule has 0 radical (unpaired) electrons. The van der Waals surface area contributed by atoms with Crippen molar-refractivity contribution < 1.29 is 48.6 Å². The molecule has 3 N–H and O–H groups in total. The molecule has 5 fully saturated rings. The topological polar surface area (TPSA) is 144 Å². The van der Waals surface area contributed by atoms with Crippen LogP contribution < -0.4 is 0 Å². The van der Waals surface area contributed by atoms with Gasteiger partial charge in [0.25, 0.3) is 0 Å². The lowest BCUT2D eigenvalue weighted by atomic mass is 9.53. The first-order valence-electron chi connectivity index (χ1n) is 16.3. The maximum atomic E-state index is 13.8. The van der Waals surface area contributed by atoms with Gasteiger partial charge in [-0.1, -0.05) is 93.6 Å². The van der Waals surface area contributed by atoms with Gasteiger partial charge in [0.15, 0.2) is 17.0 Å². The average Bonchev–Trinajstić information content (AvgIpc) is 3.68. The van der Waals surface area contributed by atoms with E-state index in [1.165, 1.54) is 6.08 Å². The van der Waals surface area contributed by atoms with Crippen molar-refractivity contribution in [1.82, 2.24) is 0 Å². The van der Waals surface area contributed by atoms with Crippen LogP contribution in [0, 0.1) is 17.8 Å². The van der Waals surface area contributed by atoms with Crippen LogP contribution in [-0.4, -0.2) is 80.5 Å². The summed E-state index contributed by atoms with van der Waals surface area (Å²) in [6.45, 7) is 10.9. The molecule has 2 saturated carbocycles. The number of aliphatic hydroxyl groups excluding tert-OH is 2. The summed E-state index contributed by atoms with van der Waals surface area (Å²) in [7, 11) is 0. The predicted molar refractivity (Wildman–Crippen MR) is 168 cm³/mol. The Balaban J connectivity index is 1.40. The Labute approximate surface area is 274 Å². The van der Waals surface area contributed by atoms with Crippen LogP contribution in [0.4, 0.5) is 0 Å². The molecule has 10 nitrogen and oxygen atoms in total. The molecule has 7 rings (SSSR count). The monoisotopic (exact) mass is 646 g/mol. The van der Waals surface area contributed by atoms with E-state index in [1.807, 2.05) is 31.2 Å². The van der Waals surface area contributed by atoms with E-state index in [4.69, 9.17) is 23.7 Å². The zero-order chi connectivity index (χ0) is 33.6. The highest BCUT2D eigenvalue weighted by Gasteiger charge is 2.90. The third-order valence-electron chi connectivity index (χ3n) is 11.3. The summed E-state index contributed by atoms with van der Waals surface area (Å²) in [5.74, 6) is -5.92. The first-order chi connectivity index (χ1) is 22.4. The highest BCUT2D eigenvalue weighted by molar-refractivity contribution is 6.05. The van der Waals surface area contributed by atoms with Gasteiger partial charge >= 0.3 is 11.9 Å². The maximum absolute atomic E-state index is 13.8. The second kappa shape index (κ2) is 10.9. The summed E-state index contributed by atoms with van der Waals surface area (Å²) in [5, 5.41) is 34.9. The molecule has 0 aromatic heterocycles. The predicted octanol–water partition coefficient (Wildman–Crippen LogP) is 3.32. The van der Waals surface area contributed by atoms with Crippen LogP contribution >= 0.6 is 0 Å². The van der Waals surface area contributed by atoms with E-state index in [0.29, 0.717) is 11.1 Å². The van der Waals surface area contributed by atoms with Gasteiger partial charge in [-0.15, -0.1) is 0 Å². The quantitative estimate of drug-likeness (QED) is 0.120. The van der Waals surface area contributed by atoms with Crippen molar-refractivity contribution in [2.45, 2.75) is 93.3 Å². The number of hydrogen-bond donors (Lipinski definition) is 3. The number of carbonyl (C=O) groups excluding carboxylic acids is 2. The number of esters is 1. The van der Waals surface area contributed by atoms with Crippen molar-refractivity contribution in [3.63, 3.8) is 0 Å². The summed E-state index contributed by atoms with van der Waals surface area (Å²) in [4.78, 5) is 27.4. The van der Waals surface area contributed by atoms with Crippen molar-refractivity contribution >= 4 is 11.8 Å². The van der Waals surface area contributed by atoms with E-state index in [9.17, 15) is 24.9 Å². The molecule has 1 aromatic rings. The molecule has 12 atom stereocenters. The van der Waals surface area contributed by atoms with Crippen molar-refractivity contribution in [3.05, 3.63) is 96.2 Å². The lowest BCUT2D eigenvalue weighted by Gasteiger charge is -2.61. The Kier molecular flexibility index (Phi) is 7.50. The number of hydrogen-bond acceptors (Lipinski definition) is 10. The molecule has 10 heteroatoms. The number of epoxide rings is 1. The SMILES string of the molecule is C=C(C)[C@@]12O[C@@]3(c4ccccc4)O[C@@H]1[C@@H]1[C@@H]4O[C@]4(CO)[C@@H](O)[C@]4(O)C(=O)C(C)=C[C@H]4[C@@]1(O3)[C@H](C)[C@H]2OC(=O)/C=C/C=C/C=C\CCC. The maximum Gasteiger partial charge on any atom is 0.331 e. The van der Waals surface area contributed by atoms with E-state index in [1.54, 1.807) is 56.3 Å². The summed E-state index contributed by atoms with van der Waals surface area (Å²) in [6, 6.07) is 9.01. The molecule has 3 bridgehead atoms. The minimum absolute atomic E-state index is 0.231. The largest absolute Gasteiger partial charge is 0.455 e. The fraction of sp³-hybridized carbons (Fsp3) is 0.514. The minimum Gasteiger partial charge on any atom is -0.455 e. The average molecular weight is 647 g/mol. The molecular formula is C37H42O10. The molecule has 3 heterocycles. The molecule has 3 aliphatic heterocycles. The van der Waals surface area contributed by atoms with Gasteiger partial charge in [-0.2, -0.15) is 0 Å². The van der Waals surface area contributed by atoms with Crippen LogP contribution in [0.5, 0.6) is 0 Å². The summed E-state index contributed by atoms with van der Waals surface area (Å²) in [5.41, 5.74) is -5.90. The fourth-order valence-corrected chi connectivity index (χ4v) is 9.08. The zero-order valence-corrected chi connectivity index (χ0v) is 27.0. The van der Waals surface area contributed by atoms with E-state index in [0.717, 1.165) is 12.8 Å². The van der Waals surface area contributed by atoms with Crippen LogP contribution in [0.15, 0.2) is 90.6 Å². The number of ketones is 1. The summed E-state index contributed by atoms with van der Waals surface area (Å²) < 4.78 is 33.3. The first kappa shape index (κ1) is 32.3. The molecule has 0 amide bonds. The highest BCUT2D eigenvalue weighted by atomic mass is 16.9. The lowest BCUT2D eigenvalue weighted by Crippen LogP contribution is -2.76. The van der Waals surface area contributed by atoms with Gasteiger partial charge in [0.05, 0.1) is 12.2 Å². The van der Waals surface area contributed by atoms with Crippen molar-refractivity contribution in [2.75, 3.05) is 6.61 Å². The molecule has 3 saturated heterocycles. The number of allylic oxidation sites excluding steroid dienone is 5. The number of unbranched alkanes of at least 4 members (excludes halogenated alkanes) is 1. The van der Waals surface area contributed by atoms with Crippen LogP contribution in [0.25, 0.3) is 0 Å². The van der Waals surface area contributed by atoms with Crippen LogP contribution in [-0.2, 0) is 39.2 Å². The molecule has 1 aromatic carbocycles. The number of aliphatic hydroxyl groups is 3. The van der Waals surface area contributed by atoms with Gasteiger partial charge in [-0.25, -0.2) is 4.79 Å². The molecule has 0 unspecified atom stereocenters. The molecular weight excluding hydrogens is 604 g/mol. The molecule has 47 heavy (non-hydrogen) atoms. The van der Waals surface area contributed by atoms with Gasteiger partial charge in [-0.05, 0) is 31.4 Å². The van der Waals surface area contributed by atoms with Crippen LogP contribution in [0.1, 0.15) is 46.1 Å². The zero-order valence-electron chi connectivity index (χ0n) is 27.0. The molecule has 3 aliphatic carbocycles. The number of carbonyl (C=O) groups is 2. The summed E-state index contributed by atoms with van der Waals surface area (Å²) in [6.07, 6.45) is 9.29. The second-order valence-corrected chi connectivity index (χ2v) is 13.8. The van der Waals surface area contributed by atoms with E-state index < -0.39 is 88.9 Å². The van der Waals surface area contributed by atoms with Gasteiger partial charge < -0.3 is 39.0 Å². The van der Waals surface area contributed by atoms with Crippen LogP contribution in [0.3, 0.4) is 0 Å². The van der Waals surface area contributed by atoms with Crippen LogP contribution in [0.2, 0.25) is 0 Å². The molecule has 6 aliphatic rings. The Hall–Kier alpha value is -3.22. The number of ether oxygens (including phenoxy) is 5. The minimum atomic E-state index is -2.42. The first-order valence-corrected chi connectivity index (χ1v) is 16.3. The summed E-state index contributed by atoms with van der Waals surface area (Å²) >= 11 is 0. The molecule has 250 valence electrons. The lowest BCUT2D eigenvalue weighted by molar-refractivity contribution is -0.440. The number of benzene rings is 1. The number of Topliss-reactive ketones (excluding diaryl/α,β-unsaturated/α-hetero) is 1. The fourth-order valence-electron chi connectivity index (χ4n) is 9.08. The Morgan fingerprint density at radius 1 is 1.09 bits per heavy atom. The smallest absolute Gasteiger partial charge is 0.331 e. The van der Waals surface area contributed by atoms with E-state index in [-0.39, 0.29) is 5.57 Å². The Morgan fingerprint density at radius 2 is 1.81 bits per heavy atom. The standard InChI is InChI=1S/C37H42O10/c1-6-7-8-9-10-11-15-18-26(39)43-29-23(5)36-25-19-22(4)28(40)34(25,42)32(41)33(20-38)30(44-33)27(36)31-35(29,21(2)3)46-37(45-31,47-36)24-16-13-12-14-17-24/h8-19,23,25,27,29-32,38,41-42H,2,6-7,20H2,1,3-5H3/b9-8-,11-10+,18-15+/t23-,25-,27+,29-,30+,31-,32-,33+,34-,35+,36+,37-/m1/s1. The van der Waals surface area contributed by atoms with Crippen molar-refractivity contribution in [1.29, 1.82) is 0 Å². The van der Waals surface area contributed by atoms with Crippen molar-refractivity contribution in [3.8, 4) is 0 Å². The van der Waals surface area contributed by atoms with E-state index in [2.05, 4.69) is 13.5 Å². The van der Waals surface area contributed by atoms with E-state index >= 15 is 0 Å². The number of fused-ring (bicyclic) bond motifs is 3. The van der Waals surface area contributed by atoms with Gasteiger partial charge in [-0.3, -0.25) is 4.79 Å². The Bertz CT molecular complexity index is 1610. The van der Waals surface area contributed by atoms with Gasteiger partial charge in [0, 0.05) is 29.4 Å². The Morgan fingerprint density at radius 3 is 2.49 bits per heavy atom. The number of rotatable bonds is 9. The third-order valence-corrected chi connectivity index (χ3v) is 11.3. The van der Waals surface area contributed by atoms with Crippen molar-refractivity contribution in [2.24, 2.45) is 17.8 Å².